The molecular weight excluding hydrogens is 440 g/mol. The largest absolute Gasteiger partial charge is 0.508 e. The molecule has 2 aliphatic rings. The highest BCUT2D eigenvalue weighted by Gasteiger charge is 2.33. The van der Waals surface area contributed by atoms with Crippen molar-refractivity contribution in [3.05, 3.63) is 83.4 Å². The van der Waals surface area contributed by atoms with Gasteiger partial charge in [0.15, 0.2) is 0 Å². The third-order valence-corrected chi connectivity index (χ3v) is 7.02. The summed E-state index contributed by atoms with van der Waals surface area (Å²) in [5, 5.41) is 20.0. The molecule has 2 N–H and O–H groups in total. The second kappa shape index (κ2) is 10.4. The molecule has 2 heterocycles. The monoisotopic (exact) mass is 472 g/mol. The van der Waals surface area contributed by atoms with E-state index in [2.05, 4.69) is 4.90 Å². The number of carbonyl (C=O) groups excluding carboxylic acids is 1. The standard InChI is InChI=1S/C29H32N2O4/c32-24-6-4-5-22(19-24)27-13-9-23-20-25(33)10-14-28(23)31(27)29(34)21-7-11-26(12-8-21)35-18-17-30-15-2-1-3-16-30/h4-8,10-12,14,19-20,27,32-33H,1-3,9,13,15-18H2. The van der Waals surface area contributed by atoms with Crippen LogP contribution in [0, 0.1) is 0 Å². The Balaban J connectivity index is 1.35. The van der Waals surface area contributed by atoms with E-state index < -0.39 is 0 Å². The summed E-state index contributed by atoms with van der Waals surface area (Å²) < 4.78 is 5.94. The molecule has 1 atom stereocenters. The van der Waals surface area contributed by atoms with Gasteiger partial charge in [-0.05, 0) is 104 Å². The zero-order valence-corrected chi connectivity index (χ0v) is 19.9. The van der Waals surface area contributed by atoms with E-state index in [1.54, 1.807) is 41.3 Å². The molecule has 3 aromatic carbocycles. The van der Waals surface area contributed by atoms with E-state index in [0.29, 0.717) is 18.6 Å². The van der Waals surface area contributed by atoms with Crippen LogP contribution in [0.3, 0.4) is 0 Å². The van der Waals surface area contributed by atoms with Gasteiger partial charge in [0.05, 0.1) is 6.04 Å². The Hall–Kier alpha value is -3.51. The number of phenols is 2. The van der Waals surface area contributed by atoms with Crippen LogP contribution in [-0.2, 0) is 6.42 Å². The van der Waals surface area contributed by atoms with E-state index >= 15 is 0 Å². The molecule has 0 aromatic heterocycles. The van der Waals surface area contributed by atoms with Crippen LogP contribution in [0.1, 0.15) is 53.2 Å². The smallest absolute Gasteiger partial charge is 0.258 e. The van der Waals surface area contributed by atoms with E-state index in [0.717, 1.165) is 48.6 Å². The van der Waals surface area contributed by atoms with E-state index in [1.165, 1.54) is 19.3 Å². The van der Waals surface area contributed by atoms with Crippen molar-refractivity contribution in [2.75, 3.05) is 31.1 Å². The van der Waals surface area contributed by atoms with Gasteiger partial charge in [0.1, 0.15) is 23.9 Å². The maximum absolute atomic E-state index is 13.8. The Labute approximate surface area is 206 Å². The van der Waals surface area contributed by atoms with Crippen LogP contribution in [0.25, 0.3) is 0 Å². The summed E-state index contributed by atoms with van der Waals surface area (Å²) in [5.74, 6) is 1.01. The van der Waals surface area contributed by atoms with Gasteiger partial charge in [0, 0.05) is 17.8 Å². The van der Waals surface area contributed by atoms with Crippen LogP contribution in [0.2, 0.25) is 0 Å². The lowest BCUT2D eigenvalue weighted by molar-refractivity contribution is 0.0972. The lowest BCUT2D eigenvalue weighted by atomic mass is 9.90. The maximum atomic E-state index is 13.8. The van der Waals surface area contributed by atoms with Crippen LogP contribution in [-0.4, -0.2) is 47.3 Å². The number of carbonyl (C=O) groups is 1. The molecule has 2 aliphatic heterocycles. The molecule has 0 radical (unpaired) electrons. The predicted molar refractivity (Wildman–Crippen MR) is 136 cm³/mol. The Kier molecular flexibility index (Phi) is 6.91. The zero-order valence-electron chi connectivity index (χ0n) is 19.9. The molecule has 6 nitrogen and oxygen atoms in total. The Morgan fingerprint density at radius 3 is 2.46 bits per heavy atom. The summed E-state index contributed by atoms with van der Waals surface area (Å²) in [5.41, 5.74) is 3.18. The predicted octanol–water partition coefficient (Wildman–Crippen LogP) is 5.30. The number of likely N-dealkylation sites (tertiary alicyclic amines) is 1. The molecule has 1 unspecified atom stereocenters. The summed E-state index contributed by atoms with van der Waals surface area (Å²) in [6.45, 7) is 3.85. The van der Waals surface area contributed by atoms with Gasteiger partial charge in [-0.25, -0.2) is 0 Å². The second-order valence-electron chi connectivity index (χ2n) is 9.41. The first-order chi connectivity index (χ1) is 17.1. The molecule has 0 aliphatic carbocycles. The summed E-state index contributed by atoms with van der Waals surface area (Å²) >= 11 is 0. The quantitative estimate of drug-likeness (QED) is 0.510. The zero-order chi connectivity index (χ0) is 24.2. The Morgan fingerprint density at radius 2 is 1.69 bits per heavy atom. The molecule has 6 heteroatoms. The molecule has 0 bridgehead atoms. The summed E-state index contributed by atoms with van der Waals surface area (Å²) in [6, 6.07) is 19.4. The number of phenolic OH excluding ortho intramolecular Hbond substituents is 2. The molecule has 3 aromatic rings. The van der Waals surface area contributed by atoms with Gasteiger partial charge < -0.3 is 19.8 Å². The number of ether oxygens (including phenoxy) is 1. The first-order valence-electron chi connectivity index (χ1n) is 12.5. The topological polar surface area (TPSA) is 73.2 Å². The van der Waals surface area contributed by atoms with E-state index in [4.69, 9.17) is 4.74 Å². The number of piperidine rings is 1. The SMILES string of the molecule is O=C(c1ccc(OCCN2CCCCC2)cc1)N1c2ccc(O)cc2CCC1c1cccc(O)c1. The third-order valence-electron chi connectivity index (χ3n) is 7.02. The van der Waals surface area contributed by atoms with E-state index in [9.17, 15) is 15.0 Å². The number of hydrogen-bond donors (Lipinski definition) is 2. The molecule has 182 valence electrons. The average molecular weight is 473 g/mol. The van der Waals surface area contributed by atoms with Gasteiger partial charge in [0.2, 0.25) is 0 Å². The minimum absolute atomic E-state index is 0.121. The number of aryl methyl sites for hydroxylation is 1. The molecular formula is C29H32N2O4. The first kappa shape index (κ1) is 23.2. The Bertz CT molecular complexity index is 1170. The normalized spacial score (nSPS) is 18.2. The van der Waals surface area contributed by atoms with Crippen molar-refractivity contribution in [2.24, 2.45) is 0 Å². The van der Waals surface area contributed by atoms with E-state index in [-0.39, 0.29) is 23.4 Å². The fourth-order valence-corrected chi connectivity index (χ4v) is 5.20. The van der Waals surface area contributed by atoms with Crippen molar-refractivity contribution in [2.45, 2.75) is 38.1 Å². The van der Waals surface area contributed by atoms with Gasteiger partial charge in [-0.1, -0.05) is 18.6 Å². The van der Waals surface area contributed by atoms with E-state index in [1.807, 2.05) is 30.3 Å². The van der Waals surface area contributed by atoms with Gasteiger partial charge in [-0.15, -0.1) is 0 Å². The maximum Gasteiger partial charge on any atom is 0.258 e. The number of nitrogens with zero attached hydrogens (tertiary/aromatic N) is 2. The van der Waals surface area contributed by atoms with Crippen LogP contribution < -0.4 is 9.64 Å². The van der Waals surface area contributed by atoms with Crippen LogP contribution in [0.15, 0.2) is 66.7 Å². The number of rotatable bonds is 6. The summed E-state index contributed by atoms with van der Waals surface area (Å²) in [6.07, 6.45) is 5.28. The minimum atomic E-state index is -0.216. The van der Waals surface area contributed by atoms with Crippen molar-refractivity contribution in [1.29, 1.82) is 0 Å². The highest BCUT2D eigenvalue weighted by molar-refractivity contribution is 6.07. The molecule has 1 saturated heterocycles. The summed E-state index contributed by atoms with van der Waals surface area (Å²) in [4.78, 5) is 18.0. The van der Waals surface area contributed by atoms with Crippen molar-refractivity contribution < 1.29 is 19.7 Å². The van der Waals surface area contributed by atoms with Gasteiger partial charge >= 0.3 is 0 Å². The van der Waals surface area contributed by atoms with Crippen molar-refractivity contribution >= 4 is 11.6 Å². The van der Waals surface area contributed by atoms with Crippen LogP contribution >= 0.6 is 0 Å². The van der Waals surface area contributed by atoms with Crippen molar-refractivity contribution in [3.8, 4) is 17.2 Å². The minimum Gasteiger partial charge on any atom is -0.508 e. The molecule has 5 rings (SSSR count). The van der Waals surface area contributed by atoms with Gasteiger partial charge in [0.25, 0.3) is 5.91 Å². The van der Waals surface area contributed by atoms with Crippen molar-refractivity contribution in [3.63, 3.8) is 0 Å². The fourth-order valence-electron chi connectivity index (χ4n) is 5.20. The number of amides is 1. The first-order valence-corrected chi connectivity index (χ1v) is 12.5. The average Bonchev–Trinajstić information content (AvgIpc) is 2.88. The molecule has 0 saturated carbocycles. The summed E-state index contributed by atoms with van der Waals surface area (Å²) in [7, 11) is 0. The number of anilines is 1. The molecule has 0 spiro atoms. The van der Waals surface area contributed by atoms with Gasteiger partial charge in [-0.2, -0.15) is 0 Å². The fraction of sp³-hybridized carbons (Fsp3) is 0.345. The van der Waals surface area contributed by atoms with Gasteiger partial charge in [-0.3, -0.25) is 9.69 Å². The third kappa shape index (κ3) is 5.28. The number of benzene rings is 3. The lowest BCUT2D eigenvalue weighted by Gasteiger charge is -2.38. The highest BCUT2D eigenvalue weighted by Crippen LogP contribution is 2.41. The number of fused-ring (bicyclic) bond motifs is 1. The highest BCUT2D eigenvalue weighted by atomic mass is 16.5. The van der Waals surface area contributed by atoms with Crippen LogP contribution in [0.5, 0.6) is 17.2 Å². The molecule has 1 amide bonds. The Morgan fingerprint density at radius 1 is 0.914 bits per heavy atom. The molecule has 1 fully saturated rings. The van der Waals surface area contributed by atoms with Crippen LogP contribution in [0.4, 0.5) is 5.69 Å². The number of hydrogen-bond acceptors (Lipinski definition) is 5. The second-order valence-corrected chi connectivity index (χ2v) is 9.41. The van der Waals surface area contributed by atoms with Crippen molar-refractivity contribution in [1.82, 2.24) is 4.90 Å². The molecule has 35 heavy (non-hydrogen) atoms. The lowest BCUT2D eigenvalue weighted by Crippen LogP contribution is -2.38. The number of aromatic hydroxyl groups is 2.